The maximum Gasteiger partial charge on any atom is 0.303 e. The largest absolute Gasteiger partial charge is 0.481 e. The summed E-state index contributed by atoms with van der Waals surface area (Å²) in [6.45, 7) is 1.80. The van der Waals surface area contributed by atoms with Crippen molar-refractivity contribution in [3.05, 3.63) is 16.9 Å². The standard InChI is InChI=1S/C7H9ClN2O2/c1-4(2-6(11)12)5-3-9-10-7(5)8/h3-4H,2H2,1H3,(H,9,10)(H,11,12). The lowest BCUT2D eigenvalue weighted by Crippen LogP contribution is -2.02. The number of aromatic nitrogens is 2. The Morgan fingerprint density at radius 1 is 1.92 bits per heavy atom. The van der Waals surface area contributed by atoms with Crippen molar-refractivity contribution < 1.29 is 9.90 Å². The molecular formula is C7H9ClN2O2. The molecule has 0 aromatic carbocycles. The van der Waals surface area contributed by atoms with Gasteiger partial charge in [-0.15, -0.1) is 0 Å². The fourth-order valence-electron chi connectivity index (χ4n) is 0.995. The molecule has 1 rings (SSSR count). The highest BCUT2D eigenvalue weighted by Gasteiger charge is 2.14. The van der Waals surface area contributed by atoms with Gasteiger partial charge >= 0.3 is 5.97 Å². The molecule has 0 saturated heterocycles. The van der Waals surface area contributed by atoms with Crippen LogP contribution in [0.15, 0.2) is 6.20 Å². The van der Waals surface area contributed by atoms with Gasteiger partial charge in [0.2, 0.25) is 0 Å². The van der Waals surface area contributed by atoms with Gasteiger partial charge in [0.05, 0.1) is 12.6 Å². The number of aromatic amines is 1. The fourth-order valence-corrected chi connectivity index (χ4v) is 1.28. The third kappa shape index (κ3) is 1.98. The first-order valence-corrected chi connectivity index (χ1v) is 3.89. The molecule has 0 amide bonds. The zero-order valence-electron chi connectivity index (χ0n) is 6.54. The molecule has 4 nitrogen and oxygen atoms in total. The van der Waals surface area contributed by atoms with E-state index in [1.165, 1.54) is 0 Å². The molecule has 0 saturated carbocycles. The molecule has 66 valence electrons. The predicted octanol–water partition coefficient (Wildman–Crippen LogP) is 1.64. The number of nitrogens with one attached hydrogen (secondary N) is 1. The molecule has 5 heteroatoms. The average Bonchev–Trinajstić information content (AvgIpc) is 2.33. The van der Waals surface area contributed by atoms with Crippen LogP contribution in [0.3, 0.4) is 0 Å². The van der Waals surface area contributed by atoms with Gasteiger partial charge in [-0.1, -0.05) is 18.5 Å². The highest BCUT2D eigenvalue weighted by atomic mass is 35.5. The average molecular weight is 189 g/mol. The Morgan fingerprint density at radius 2 is 2.58 bits per heavy atom. The zero-order valence-corrected chi connectivity index (χ0v) is 7.30. The minimum absolute atomic E-state index is 0.0687. The maximum atomic E-state index is 10.3. The third-order valence-corrected chi connectivity index (χ3v) is 1.93. The van der Waals surface area contributed by atoms with Crippen LogP contribution < -0.4 is 0 Å². The van der Waals surface area contributed by atoms with Crippen molar-refractivity contribution in [3.63, 3.8) is 0 Å². The first-order chi connectivity index (χ1) is 5.61. The molecule has 1 atom stereocenters. The van der Waals surface area contributed by atoms with Crippen LogP contribution in [0.5, 0.6) is 0 Å². The summed E-state index contributed by atoms with van der Waals surface area (Å²) in [7, 11) is 0. The smallest absolute Gasteiger partial charge is 0.303 e. The number of H-pyrrole nitrogens is 1. The van der Waals surface area contributed by atoms with Crippen LogP contribution in [0.2, 0.25) is 5.15 Å². The number of hydrogen-bond donors (Lipinski definition) is 2. The van der Waals surface area contributed by atoms with E-state index in [2.05, 4.69) is 10.2 Å². The number of carboxylic acids is 1. The molecule has 0 spiro atoms. The van der Waals surface area contributed by atoms with Crippen molar-refractivity contribution in [3.8, 4) is 0 Å². The van der Waals surface area contributed by atoms with Crippen molar-refractivity contribution in [1.29, 1.82) is 0 Å². The topological polar surface area (TPSA) is 66.0 Å². The van der Waals surface area contributed by atoms with E-state index >= 15 is 0 Å². The van der Waals surface area contributed by atoms with Gasteiger partial charge in [-0.25, -0.2) is 0 Å². The molecule has 0 radical (unpaired) electrons. The number of halogens is 1. The van der Waals surface area contributed by atoms with E-state index in [0.717, 1.165) is 5.56 Å². The summed E-state index contributed by atoms with van der Waals surface area (Å²) in [5, 5.41) is 15.2. The van der Waals surface area contributed by atoms with E-state index < -0.39 is 5.97 Å². The normalized spacial score (nSPS) is 12.8. The molecule has 2 N–H and O–H groups in total. The minimum atomic E-state index is -0.834. The van der Waals surface area contributed by atoms with Crippen molar-refractivity contribution in [2.75, 3.05) is 0 Å². The van der Waals surface area contributed by atoms with Crippen LogP contribution in [-0.4, -0.2) is 21.3 Å². The summed E-state index contributed by atoms with van der Waals surface area (Å²) < 4.78 is 0. The number of nitrogens with zero attached hydrogens (tertiary/aromatic N) is 1. The number of aliphatic carboxylic acids is 1. The van der Waals surface area contributed by atoms with Crippen LogP contribution in [0.25, 0.3) is 0 Å². The monoisotopic (exact) mass is 188 g/mol. The molecule has 1 aromatic heterocycles. The van der Waals surface area contributed by atoms with E-state index in [0.29, 0.717) is 5.15 Å². The van der Waals surface area contributed by atoms with Crippen LogP contribution in [0.1, 0.15) is 24.8 Å². The number of rotatable bonds is 3. The van der Waals surface area contributed by atoms with Gasteiger partial charge in [0, 0.05) is 5.56 Å². The lowest BCUT2D eigenvalue weighted by Gasteiger charge is -2.04. The van der Waals surface area contributed by atoms with Gasteiger partial charge in [-0.05, 0) is 5.92 Å². The summed E-state index contributed by atoms with van der Waals surface area (Å²) in [5.74, 6) is -0.937. The van der Waals surface area contributed by atoms with E-state index in [9.17, 15) is 4.79 Å². The predicted molar refractivity (Wildman–Crippen MR) is 44.3 cm³/mol. The van der Waals surface area contributed by atoms with Gasteiger partial charge < -0.3 is 5.11 Å². The van der Waals surface area contributed by atoms with Gasteiger partial charge in [0.1, 0.15) is 5.15 Å². The Bertz CT molecular complexity index is 285. The van der Waals surface area contributed by atoms with Crippen LogP contribution in [0, 0.1) is 0 Å². The van der Waals surface area contributed by atoms with Crippen molar-refractivity contribution in [2.45, 2.75) is 19.3 Å². The summed E-state index contributed by atoms with van der Waals surface area (Å²) >= 11 is 5.71. The molecule has 0 bridgehead atoms. The molecule has 1 heterocycles. The van der Waals surface area contributed by atoms with Gasteiger partial charge in [-0.3, -0.25) is 9.89 Å². The SMILES string of the molecule is CC(CC(=O)O)c1cn[nH]c1Cl. The summed E-state index contributed by atoms with van der Waals surface area (Å²) in [4.78, 5) is 10.3. The van der Waals surface area contributed by atoms with E-state index in [4.69, 9.17) is 16.7 Å². The molecule has 0 fully saturated rings. The fraction of sp³-hybridized carbons (Fsp3) is 0.429. The molecule has 1 aromatic rings. The van der Waals surface area contributed by atoms with E-state index in [1.807, 2.05) is 0 Å². The van der Waals surface area contributed by atoms with Crippen LogP contribution in [0.4, 0.5) is 0 Å². The molecule has 0 aliphatic carbocycles. The Morgan fingerprint density at radius 3 is 3.00 bits per heavy atom. The van der Waals surface area contributed by atoms with Gasteiger partial charge in [0.15, 0.2) is 0 Å². The first kappa shape index (κ1) is 9.06. The van der Waals surface area contributed by atoms with Crippen LogP contribution >= 0.6 is 11.6 Å². The summed E-state index contributed by atoms with van der Waals surface area (Å²) in [5.41, 5.74) is 0.749. The number of carbonyl (C=O) groups is 1. The van der Waals surface area contributed by atoms with Crippen LogP contribution in [-0.2, 0) is 4.79 Å². The Labute approximate surface area is 74.5 Å². The van der Waals surface area contributed by atoms with Gasteiger partial charge in [-0.2, -0.15) is 5.10 Å². The lowest BCUT2D eigenvalue weighted by molar-refractivity contribution is -0.137. The maximum absolute atomic E-state index is 10.3. The summed E-state index contributed by atoms with van der Waals surface area (Å²) in [6, 6.07) is 0. The Hall–Kier alpha value is -1.03. The van der Waals surface area contributed by atoms with E-state index in [-0.39, 0.29) is 12.3 Å². The van der Waals surface area contributed by atoms with Gasteiger partial charge in [0.25, 0.3) is 0 Å². The molecule has 12 heavy (non-hydrogen) atoms. The van der Waals surface area contributed by atoms with Crippen molar-refractivity contribution in [1.82, 2.24) is 10.2 Å². The second-order valence-electron chi connectivity index (χ2n) is 2.64. The Kier molecular flexibility index (Phi) is 2.70. The lowest BCUT2D eigenvalue weighted by atomic mass is 10.0. The second kappa shape index (κ2) is 3.58. The number of carboxylic acid groups (broad SMARTS) is 1. The van der Waals surface area contributed by atoms with Crippen molar-refractivity contribution >= 4 is 17.6 Å². The number of hydrogen-bond acceptors (Lipinski definition) is 2. The quantitative estimate of drug-likeness (QED) is 0.758. The summed E-state index contributed by atoms with van der Waals surface area (Å²) in [6.07, 6.45) is 1.62. The molecule has 0 aliphatic heterocycles. The molecule has 0 aliphatic rings. The second-order valence-corrected chi connectivity index (χ2v) is 3.02. The Balaban J connectivity index is 2.71. The molecule has 1 unspecified atom stereocenters. The van der Waals surface area contributed by atoms with Crippen molar-refractivity contribution in [2.24, 2.45) is 0 Å². The zero-order chi connectivity index (χ0) is 9.14. The first-order valence-electron chi connectivity index (χ1n) is 3.52. The molecular weight excluding hydrogens is 180 g/mol. The van der Waals surface area contributed by atoms with E-state index in [1.54, 1.807) is 13.1 Å². The highest BCUT2D eigenvalue weighted by molar-refractivity contribution is 6.30. The third-order valence-electron chi connectivity index (χ3n) is 1.63. The minimum Gasteiger partial charge on any atom is -0.481 e. The highest BCUT2D eigenvalue weighted by Crippen LogP contribution is 2.24.